The summed E-state index contributed by atoms with van der Waals surface area (Å²) >= 11 is 0. The SMILES string of the molecule is CCCCCC=C1C=C(c2cccc(CCCC)c2)[N+]([NH-])=C1c1cccc(CCCC)c1. The number of rotatable bonds is 12. The van der Waals surface area contributed by atoms with Crippen LogP contribution in [-0.2, 0) is 12.8 Å². The molecule has 0 fully saturated rings. The molecule has 1 aliphatic heterocycles. The molecule has 2 aromatic carbocycles. The van der Waals surface area contributed by atoms with Crippen LogP contribution in [0.5, 0.6) is 0 Å². The molecule has 0 aliphatic carbocycles. The Morgan fingerprint density at radius 3 is 1.97 bits per heavy atom. The minimum Gasteiger partial charge on any atom is -0.448 e. The summed E-state index contributed by atoms with van der Waals surface area (Å²) < 4.78 is 1.67. The number of unbranched alkanes of at least 4 members (excludes halogenated alkanes) is 5. The van der Waals surface area contributed by atoms with Gasteiger partial charge in [-0.05, 0) is 73.9 Å². The second-order valence-electron chi connectivity index (χ2n) is 8.98. The van der Waals surface area contributed by atoms with Gasteiger partial charge in [0.05, 0.1) is 0 Å². The van der Waals surface area contributed by atoms with E-state index >= 15 is 0 Å². The van der Waals surface area contributed by atoms with Crippen molar-refractivity contribution in [3.63, 3.8) is 0 Å². The Hall–Kier alpha value is -2.61. The van der Waals surface area contributed by atoms with Crippen LogP contribution < -0.4 is 0 Å². The van der Waals surface area contributed by atoms with Gasteiger partial charge in [-0.2, -0.15) is 0 Å². The number of benzene rings is 2. The minimum atomic E-state index is 0.985. The average Bonchev–Trinajstić information content (AvgIpc) is 3.15. The summed E-state index contributed by atoms with van der Waals surface area (Å²) in [6.45, 7) is 6.72. The van der Waals surface area contributed by atoms with E-state index in [0.29, 0.717) is 0 Å². The fraction of sp³-hybridized carbons (Fsp3) is 0.433. The largest absolute Gasteiger partial charge is 0.448 e. The van der Waals surface area contributed by atoms with Crippen LogP contribution in [0.1, 0.15) is 94.4 Å². The molecular formula is C30H40N2. The first-order chi connectivity index (χ1) is 15.7. The molecule has 170 valence electrons. The molecule has 0 aromatic heterocycles. The van der Waals surface area contributed by atoms with Crippen LogP contribution >= 0.6 is 0 Å². The lowest BCUT2D eigenvalue weighted by molar-refractivity contribution is -0.347. The maximum Gasteiger partial charge on any atom is 0.215 e. The summed E-state index contributed by atoms with van der Waals surface area (Å²) in [6.07, 6.45) is 16.4. The molecule has 0 spiro atoms. The van der Waals surface area contributed by atoms with Crippen LogP contribution in [0.25, 0.3) is 11.5 Å². The van der Waals surface area contributed by atoms with Gasteiger partial charge in [0.2, 0.25) is 11.4 Å². The lowest BCUT2D eigenvalue weighted by atomic mass is 9.98. The number of hydrogen-bond donors (Lipinski definition) is 0. The zero-order chi connectivity index (χ0) is 22.8. The van der Waals surface area contributed by atoms with Gasteiger partial charge in [-0.3, -0.25) is 0 Å². The first kappa shape index (κ1) is 24.0. The van der Waals surface area contributed by atoms with Crippen LogP contribution in [0.2, 0.25) is 0 Å². The summed E-state index contributed by atoms with van der Waals surface area (Å²) in [5, 5.41) is 0. The van der Waals surface area contributed by atoms with Gasteiger partial charge in [-0.25, -0.2) is 4.68 Å². The molecule has 0 amide bonds. The first-order valence-electron chi connectivity index (χ1n) is 12.7. The van der Waals surface area contributed by atoms with Crippen LogP contribution in [0.15, 0.2) is 66.3 Å². The normalized spacial score (nSPS) is 15.0. The molecule has 0 saturated heterocycles. The summed E-state index contributed by atoms with van der Waals surface area (Å²) in [7, 11) is 0. The van der Waals surface area contributed by atoms with Gasteiger partial charge in [-0.1, -0.05) is 76.8 Å². The maximum absolute atomic E-state index is 9.07. The third-order valence-electron chi connectivity index (χ3n) is 6.26. The van der Waals surface area contributed by atoms with Crippen LogP contribution in [0, 0.1) is 0 Å². The van der Waals surface area contributed by atoms with Gasteiger partial charge in [0, 0.05) is 22.8 Å². The molecule has 0 radical (unpaired) electrons. The fourth-order valence-electron chi connectivity index (χ4n) is 4.37. The predicted octanol–water partition coefficient (Wildman–Crippen LogP) is 8.70. The molecule has 1 heterocycles. The van der Waals surface area contributed by atoms with E-state index in [2.05, 4.69) is 81.5 Å². The van der Waals surface area contributed by atoms with Crippen LogP contribution in [0.4, 0.5) is 0 Å². The minimum absolute atomic E-state index is 0.985. The number of aryl methyl sites for hydroxylation is 2. The fourth-order valence-corrected chi connectivity index (χ4v) is 4.37. The van der Waals surface area contributed by atoms with E-state index in [-0.39, 0.29) is 0 Å². The highest BCUT2D eigenvalue weighted by Crippen LogP contribution is 2.30. The lowest BCUT2D eigenvalue weighted by Gasteiger charge is -2.10. The molecule has 1 aliphatic rings. The Morgan fingerprint density at radius 2 is 1.34 bits per heavy atom. The molecule has 0 atom stereocenters. The Morgan fingerprint density at radius 1 is 0.750 bits per heavy atom. The van der Waals surface area contributed by atoms with Crippen molar-refractivity contribution in [3.8, 4) is 0 Å². The zero-order valence-corrected chi connectivity index (χ0v) is 20.3. The maximum atomic E-state index is 9.07. The smallest absolute Gasteiger partial charge is 0.215 e. The van der Waals surface area contributed by atoms with Crippen molar-refractivity contribution < 1.29 is 4.68 Å². The quantitative estimate of drug-likeness (QED) is 0.239. The van der Waals surface area contributed by atoms with Crippen LogP contribution in [-0.4, -0.2) is 10.4 Å². The number of nitrogens with zero attached hydrogens (tertiary/aromatic N) is 1. The number of nitrogens with one attached hydrogen (secondary N) is 1. The topological polar surface area (TPSA) is 26.8 Å². The van der Waals surface area contributed by atoms with Crippen LogP contribution in [0.3, 0.4) is 0 Å². The standard InChI is InChI=1S/C30H40N2/c1-4-7-10-11-18-28-23-29(26-19-12-16-24(21-26)14-8-5-2)32(31)30(28)27-20-13-17-25(22-27)15-9-6-3/h12-13,16-23,31H,4-11,14-15H2,1-3H3. The molecule has 0 bridgehead atoms. The third kappa shape index (κ3) is 6.22. The van der Waals surface area contributed by atoms with Gasteiger partial charge in [0.1, 0.15) is 0 Å². The predicted molar refractivity (Wildman–Crippen MR) is 139 cm³/mol. The molecular weight excluding hydrogens is 388 g/mol. The molecule has 3 rings (SSSR count). The Bertz CT molecular complexity index is 978. The highest BCUT2D eigenvalue weighted by molar-refractivity contribution is 6.15. The van der Waals surface area contributed by atoms with E-state index in [1.54, 1.807) is 4.68 Å². The molecule has 2 nitrogen and oxygen atoms in total. The Balaban J connectivity index is 1.98. The second kappa shape index (κ2) is 12.4. The highest BCUT2D eigenvalue weighted by Gasteiger charge is 2.28. The number of allylic oxidation sites excluding steroid dienone is 3. The van der Waals surface area contributed by atoms with Gasteiger partial charge in [-0.15, -0.1) is 0 Å². The van der Waals surface area contributed by atoms with Gasteiger partial charge in [0.15, 0.2) is 0 Å². The lowest BCUT2D eigenvalue weighted by Crippen LogP contribution is -2.11. The summed E-state index contributed by atoms with van der Waals surface area (Å²) in [5.41, 5.74) is 8.23. The molecule has 2 heteroatoms. The van der Waals surface area contributed by atoms with Crippen molar-refractivity contribution in [2.24, 2.45) is 0 Å². The molecule has 2 aromatic rings. The Kier molecular flexibility index (Phi) is 9.34. The van der Waals surface area contributed by atoms with E-state index in [0.717, 1.165) is 41.8 Å². The first-order valence-corrected chi connectivity index (χ1v) is 12.7. The summed E-state index contributed by atoms with van der Waals surface area (Å²) in [5.74, 6) is 9.07. The molecule has 0 saturated carbocycles. The average molecular weight is 429 g/mol. The van der Waals surface area contributed by atoms with E-state index < -0.39 is 0 Å². The molecule has 1 N–H and O–H groups in total. The Labute approximate surface area is 195 Å². The highest BCUT2D eigenvalue weighted by atomic mass is 15.3. The van der Waals surface area contributed by atoms with E-state index in [4.69, 9.17) is 5.84 Å². The van der Waals surface area contributed by atoms with Crippen molar-refractivity contribution in [2.45, 2.75) is 85.0 Å². The van der Waals surface area contributed by atoms with E-state index in [1.165, 1.54) is 61.6 Å². The van der Waals surface area contributed by atoms with Gasteiger partial charge in [0.25, 0.3) is 0 Å². The zero-order valence-electron chi connectivity index (χ0n) is 20.3. The van der Waals surface area contributed by atoms with Crippen molar-refractivity contribution in [1.82, 2.24) is 0 Å². The van der Waals surface area contributed by atoms with E-state index in [9.17, 15) is 0 Å². The van der Waals surface area contributed by atoms with Crippen molar-refractivity contribution in [1.29, 1.82) is 0 Å². The summed E-state index contributed by atoms with van der Waals surface area (Å²) in [4.78, 5) is 0. The van der Waals surface area contributed by atoms with Crippen molar-refractivity contribution in [2.75, 3.05) is 0 Å². The summed E-state index contributed by atoms with van der Waals surface area (Å²) in [6, 6.07) is 17.6. The number of hydrogen-bond acceptors (Lipinski definition) is 0. The molecule has 32 heavy (non-hydrogen) atoms. The van der Waals surface area contributed by atoms with E-state index in [1.807, 2.05) is 0 Å². The third-order valence-corrected chi connectivity index (χ3v) is 6.26. The van der Waals surface area contributed by atoms with Crippen molar-refractivity contribution >= 4 is 11.4 Å². The van der Waals surface area contributed by atoms with Gasteiger partial charge >= 0.3 is 0 Å². The van der Waals surface area contributed by atoms with Gasteiger partial charge < -0.3 is 5.84 Å². The monoisotopic (exact) mass is 428 g/mol. The molecule has 0 unspecified atom stereocenters. The van der Waals surface area contributed by atoms with Crippen molar-refractivity contribution in [3.05, 3.63) is 94.4 Å². The second-order valence-corrected chi connectivity index (χ2v) is 8.98.